The van der Waals surface area contributed by atoms with E-state index in [1.807, 2.05) is 0 Å². The molecule has 16 heteroatoms. The summed E-state index contributed by atoms with van der Waals surface area (Å²) < 4.78 is 19.9. The molecule has 5 rings (SSSR count). The second kappa shape index (κ2) is 9.76. The molecule has 3 aliphatic rings. The van der Waals surface area contributed by atoms with Gasteiger partial charge in [-0.05, 0) is 30.3 Å². The van der Waals surface area contributed by atoms with Crippen LogP contribution in [0.25, 0.3) is 0 Å². The first-order chi connectivity index (χ1) is 19.1. The molecule has 0 aromatic heterocycles. The van der Waals surface area contributed by atoms with Gasteiger partial charge < -0.3 is 45.8 Å². The lowest BCUT2D eigenvalue weighted by atomic mass is 9.86. The van der Waals surface area contributed by atoms with Gasteiger partial charge in [-0.15, -0.1) is 0 Å². The SMILES string of the molecule is O=C1c2cccc(NCc3cc(C(O)(O)N4CCOCC4)ccc3F)c2CN1C1(O)C(=O)NC(=O)C(O)(O)C1(O)O. The number of aliphatic hydroxyl groups is 7. The lowest BCUT2D eigenvalue weighted by Crippen LogP contribution is -2.85. The van der Waals surface area contributed by atoms with Gasteiger partial charge in [0.1, 0.15) is 5.82 Å². The molecule has 3 heterocycles. The third kappa shape index (κ3) is 4.28. The van der Waals surface area contributed by atoms with Gasteiger partial charge in [-0.2, -0.15) is 0 Å². The molecule has 2 aromatic carbocycles. The maximum Gasteiger partial charge on any atom is 0.306 e. The third-order valence-corrected chi connectivity index (χ3v) is 7.55. The highest BCUT2D eigenvalue weighted by molar-refractivity contribution is 6.10. The number of ether oxygens (including phenoxy) is 1. The van der Waals surface area contributed by atoms with Gasteiger partial charge in [-0.3, -0.25) is 24.6 Å². The number of hydrogen-bond donors (Lipinski definition) is 9. The van der Waals surface area contributed by atoms with Crippen molar-refractivity contribution in [2.24, 2.45) is 0 Å². The Morgan fingerprint density at radius 2 is 1.68 bits per heavy atom. The molecule has 220 valence electrons. The molecule has 0 bridgehead atoms. The molecule has 2 aromatic rings. The number of fused-ring (bicyclic) bond motifs is 1. The van der Waals surface area contributed by atoms with Gasteiger partial charge in [0.2, 0.25) is 0 Å². The smallest absolute Gasteiger partial charge is 0.306 e. The second-order valence-corrected chi connectivity index (χ2v) is 9.92. The number of carbonyl (C=O) groups excluding carboxylic acids is 3. The normalized spacial score (nSPS) is 24.3. The number of nitrogens with one attached hydrogen (secondary N) is 2. The molecule has 15 nitrogen and oxygen atoms in total. The standard InChI is InChI=1S/C25H27FN4O11/c26-17-5-4-14(24(37,38)29-6-8-41-9-7-29)10-13(17)11-27-18-3-1-2-15-16(18)12-30(19(15)31)22(34)20(32)28-21(33)23(35,36)25(22,39)40/h1-5,10,27,34-40H,6-9,11-12H2,(H,28,32,33). The van der Waals surface area contributed by atoms with E-state index in [4.69, 9.17) is 4.74 Å². The van der Waals surface area contributed by atoms with Crippen molar-refractivity contribution >= 4 is 23.4 Å². The number of rotatable bonds is 6. The summed E-state index contributed by atoms with van der Waals surface area (Å²) in [6, 6.07) is 7.70. The van der Waals surface area contributed by atoms with Crippen molar-refractivity contribution in [3.8, 4) is 0 Å². The molecular formula is C25H27FN4O11. The molecule has 41 heavy (non-hydrogen) atoms. The highest BCUT2D eigenvalue weighted by Crippen LogP contribution is 2.42. The first-order valence-corrected chi connectivity index (χ1v) is 12.4. The lowest BCUT2D eigenvalue weighted by Gasteiger charge is -2.50. The minimum atomic E-state index is -4.24. The molecular weight excluding hydrogens is 551 g/mol. The molecule has 2 saturated heterocycles. The highest BCUT2D eigenvalue weighted by Gasteiger charge is 2.76. The van der Waals surface area contributed by atoms with Crippen molar-refractivity contribution in [2.45, 2.75) is 36.3 Å². The number of nitrogens with zero attached hydrogens (tertiary/aromatic N) is 2. The van der Waals surface area contributed by atoms with E-state index in [-0.39, 0.29) is 65.7 Å². The van der Waals surface area contributed by atoms with Crippen LogP contribution in [0.3, 0.4) is 0 Å². The number of morpholine rings is 1. The fourth-order valence-electron chi connectivity index (χ4n) is 5.07. The summed E-state index contributed by atoms with van der Waals surface area (Å²) in [5.74, 6) is -16.3. The Bertz CT molecular complexity index is 1430. The van der Waals surface area contributed by atoms with Crippen LogP contribution in [0.2, 0.25) is 0 Å². The largest absolute Gasteiger partial charge is 0.381 e. The summed E-state index contributed by atoms with van der Waals surface area (Å²) in [5, 5.41) is 77.4. The van der Waals surface area contributed by atoms with E-state index in [9.17, 15) is 54.5 Å². The number of anilines is 1. The summed E-state index contributed by atoms with van der Waals surface area (Å²) in [6.07, 6.45) is 0. The topological polar surface area (TPSA) is 233 Å². The van der Waals surface area contributed by atoms with E-state index in [1.165, 1.54) is 40.5 Å². The number of benzene rings is 2. The molecule has 1 atom stereocenters. The first kappa shape index (κ1) is 28.9. The van der Waals surface area contributed by atoms with E-state index >= 15 is 0 Å². The Hall–Kier alpha value is -3.58. The molecule has 0 aliphatic carbocycles. The zero-order valence-corrected chi connectivity index (χ0v) is 21.2. The van der Waals surface area contributed by atoms with Crippen LogP contribution in [-0.2, 0) is 33.3 Å². The predicted molar refractivity (Wildman–Crippen MR) is 131 cm³/mol. The number of carbonyl (C=O) groups is 3. The average Bonchev–Trinajstić information content (AvgIpc) is 3.28. The van der Waals surface area contributed by atoms with E-state index < -0.39 is 53.3 Å². The number of hydrogen-bond acceptors (Lipinski definition) is 13. The fraction of sp³-hybridized carbons (Fsp3) is 0.400. The number of amides is 3. The minimum absolute atomic E-state index is 0.00366. The van der Waals surface area contributed by atoms with Crippen LogP contribution in [0, 0.1) is 5.82 Å². The fourth-order valence-corrected chi connectivity index (χ4v) is 5.07. The Labute approximate surface area is 230 Å². The van der Waals surface area contributed by atoms with Gasteiger partial charge in [-0.1, -0.05) is 6.07 Å². The van der Waals surface area contributed by atoms with Gasteiger partial charge in [0.25, 0.3) is 35.1 Å². The minimum Gasteiger partial charge on any atom is -0.381 e. The lowest BCUT2D eigenvalue weighted by molar-refractivity contribution is -0.407. The Balaban J connectivity index is 1.41. The average molecular weight is 579 g/mol. The zero-order valence-electron chi connectivity index (χ0n) is 21.2. The maximum absolute atomic E-state index is 14.7. The molecule has 0 saturated carbocycles. The Kier molecular flexibility index (Phi) is 6.89. The van der Waals surface area contributed by atoms with Crippen molar-refractivity contribution < 1.29 is 59.3 Å². The van der Waals surface area contributed by atoms with Gasteiger partial charge in [-0.25, -0.2) is 9.29 Å². The molecule has 1 unspecified atom stereocenters. The quantitative estimate of drug-likeness (QED) is 0.120. The van der Waals surface area contributed by atoms with E-state index in [0.29, 0.717) is 0 Å². The second-order valence-electron chi connectivity index (χ2n) is 9.92. The van der Waals surface area contributed by atoms with Gasteiger partial charge >= 0.3 is 5.79 Å². The van der Waals surface area contributed by atoms with Crippen molar-refractivity contribution in [3.05, 3.63) is 64.5 Å². The molecule has 3 amide bonds. The molecule has 0 radical (unpaired) electrons. The number of halogens is 1. The Morgan fingerprint density at radius 1 is 1.00 bits per heavy atom. The summed E-state index contributed by atoms with van der Waals surface area (Å²) in [7, 11) is 0. The van der Waals surface area contributed by atoms with Crippen LogP contribution < -0.4 is 10.6 Å². The van der Waals surface area contributed by atoms with Crippen LogP contribution >= 0.6 is 0 Å². The summed E-state index contributed by atoms with van der Waals surface area (Å²) in [5.41, 5.74) is -3.54. The summed E-state index contributed by atoms with van der Waals surface area (Å²) in [6.45, 7) is 0.118. The van der Waals surface area contributed by atoms with Crippen LogP contribution in [0.15, 0.2) is 36.4 Å². The maximum atomic E-state index is 14.7. The summed E-state index contributed by atoms with van der Waals surface area (Å²) in [4.78, 5) is 39.1. The van der Waals surface area contributed by atoms with Gasteiger partial charge in [0.05, 0.1) is 19.8 Å². The molecule has 2 fully saturated rings. The first-order valence-electron chi connectivity index (χ1n) is 12.4. The van der Waals surface area contributed by atoms with Crippen molar-refractivity contribution in [1.82, 2.24) is 15.1 Å². The van der Waals surface area contributed by atoms with Crippen molar-refractivity contribution in [1.29, 1.82) is 0 Å². The Morgan fingerprint density at radius 3 is 2.37 bits per heavy atom. The van der Waals surface area contributed by atoms with Crippen LogP contribution in [-0.4, -0.2) is 107 Å². The van der Waals surface area contributed by atoms with Gasteiger partial charge in [0.15, 0.2) is 0 Å². The number of piperidine rings is 1. The van der Waals surface area contributed by atoms with Crippen LogP contribution in [0.1, 0.15) is 27.0 Å². The van der Waals surface area contributed by atoms with Crippen LogP contribution in [0.4, 0.5) is 10.1 Å². The predicted octanol–water partition coefficient (Wildman–Crippen LogP) is -3.47. The van der Waals surface area contributed by atoms with E-state index in [2.05, 4.69) is 5.32 Å². The van der Waals surface area contributed by atoms with Gasteiger partial charge in [0, 0.05) is 47.6 Å². The molecule has 9 N–H and O–H groups in total. The monoisotopic (exact) mass is 578 g/mol. The third-order valence-electron chi connectivity index (χ3n) is 7.55. The van der Waals surface area contributed by atoms with Crippen molar-refractivity contribution in [3.63, 3.8) is 0 Å². The van der Waals surface area contributed by atoms with E-state index in [1.54, 1.807) is 0 Å². The molecule has 0 spiro atoms. The zero-order chi connectivity index (χ0) is 30.0. The highest BCUT2D eigenvalue weighted by atomic mass is 19.1. The van der Waals surface area contributed by atoms with E-state index in [0.717, 1.165) is 6.07 Å². The summed E-state index contributed by atoms with van der Waals surface area (Å²) >= 11 is 0. The number of imide groups is 1. The van der Waals surface area contributed by atoms with Crippen LogP contribution in [0.5, 0.6) is 0 Å². The molecule has 3 aliphatic heterocycles. The van der Waals surface area contributed by atoms with Crippen molar-refractivity contribution in [2.75, 3.05) is 31.6 Å².